The fourth-order valence-electron chi connectivity index (χ4n) is 5.80. The van der Waals surface area contributed by atoms with Crippen molar-refractivity contribution in [3.8, 4) is 17.2 Å². The van der Waals surface area contributed by atoms with Crippen molar-refractivity contribution in [1.82, 2.24) is 9.80 Å². The number of carbonyl (C=O) groups excluding carboxylic acids is 1. The van der Waals surface area contributed by atoms with E-state index in [1.807, 2.05) is 35.4 Å². The molecule has 0 radical (unpaired) electrons. The zero-order valence-corrected chi connectivity index (χ0v) is 24.7. The van der Waals surface area contributed by atoms with Gasteiger partial charge in [-0.15, -0.1) is 11.8 Å². The van der Waals surface area contributed by atoms with E-state index in [1.165, 1.54) is 12.1 Å². The number of thioether (sulfide) groups is 1. The molecule has 0 unspecified atom stereocenters. The van der Waals surface area contributed by atoms with E-state index in [-0.39, 0.29) is 28.6 Å². The largest absolute Gasteiger partial charge is 0.490 e. The fourth-order valence-corrected chi connectivity index (χ4v) is 7.54. The molecule has 0 N–H and O–H groups in total. The second-order valence-corrected chi connectivity index (χ2v) is 13.4. The molecule has 0 aliphatic carbocycles. The monoisotopic (exact) mass is 594 g/mol. The smallest absolute Gasteiger partial charge is 0.253 e. The number of piperidine rings is 2. The highest BCUT2D eigenvalue weighted by Gasteiger charge is 2.31. The normalized spacial score (nSPS) is 18.4. The number of sulfone groups is 1. The average molecular weight is 595 g/mol. The molecule has 0 bridgehead atoms. The van der Waals surface area contributed by atoms with E-state index >= 15 is 0 Å². The van der Waals surface area contributed by atoms with Gasteiger partial charge >= 0.3 is 0 Å². The van der Waals surface area contributed by atoms with Gasteiger partial charge in [0.15, 0.2) is 11.5 Å². The summed E-state index contributed by atoms with van der Waals surface area (Å²) in [5.41, 5.74) is 0.770. The molecule has 3 aromatic rings. The van der Waals surface area contributed by atoms with Gasteiger partial charge in [-0.25, -0.2) is 8.42 Å². The van der Waals surface area contributed by atoms with Gasteiger partial charge in [-0.05, 0) is 86.5 Å². The predicted octanol–water partition coefficient (Wildman–Crippen LogP) is 5.12. The van der Waals surface area contributed by atoms with Gasteiger partial charge in [-0.1, -0.05) is 6.07 Å². The molecule has 6 rings (SSSR count). The third kappa shape index (κ3) is 6.05. The Kier molecular flexibility index (Phi) is 8.14. The van der Waals surface area contributed by atoms with Crippen molar-refractivity contribution in [3.05, 3.63) is 72.3 Å². The molecule has 0 spiro atoms. The maximum Gasteiger partial charge on any atom is 0.253 e. The van der Waals surface area contributed by atoms with Crippen LogP contribution >= 0.6 is 11.8 Å². The lowest BCUT2D eigenvalue weighted by molar-refractivity contribution is 0.0425. The maximum absolute atomic E-state index is 13.1. The number of hydrogen-bond acceptors (Lipinski definition) is 8. The first-order valence-corrected chi connectivity index (χ1v) is 16.7. The average Bonchev–Trinajstić information content (AvgIpc) is 3.50. The Labute approximate surface area is 245 Å². The molecule has 3 aliphatic rings. The van der Waals surface area contributed by atoms with Crippen LogP contribution in [-0.2, 0) is 9.84 Å². The molecule has 41 heavy (non-hydrogen) atoms. The summed E-state index contributed by atoms with van der Waals surface area (Å²) < 4.78 is 43.1. The van der Waals surface area contributed by atoms with Crippen LogP contribution in [-0.4, -0.2) is 75.5 Å². The van der Waals surface area contributed by atoms with E-state index in [9.17, 15) is 13.2 Å². The van der Waals surface area contributed by atoms with Crippen molar-refractivity contribution in [1.29, 1.82) is 0 Å². The van der Waals surface area contributed by atoms with Crippen LogP contribution < -0.4 is 14.2 Å². The van der Waals surface area contributed by atoms with Crippen molar-refractivity contribution >= 4 is 27.5 Å². The summed E-state index contributed by atoms with van der Waals surface area (Å²) >= 11 is 1.65. The molecule has 216 valence electrons. The fraction of sp³-hybridized carbons (Fsp3) is 0.387. The second kappa shape index (κ2) is 12.0. The van der Waals surface area contributed by atoms with Crippen LogP contribution in [0.25, 0.3) is 0 Å². The summed E-state index contributed by atoms with van der Waals surface area (Å²) in [6.45, 7) is 3.57. The minimum Gasteiger partial charge on any atom is -0.490 e. The first-order chi connectivity index (χ1) is 19.9. The number of benzene rings is 3. The second-order valence-electron chi connectivity index (χ2n) is 10.6. The number of ether oxygens (including phenoxy) is 3. The highest BCUT2D eigenvalue weighted by atomic mass is 32.2. The van der Waals surface area contributed by atoms with Crippen molar-refractivity contribution in [2.45, 2.75) is 52.5 Å². The number of hydrogen-bond donors (Lipinski definition) is 0. The zero-order valence-electron chi connectivity index (χ0n) is 23.0. The molecule has 3 aromatic carbocycles. The van der Waals surface area contributed by atoms with E-state index < -0.39 is 9.84 Å². The summed E-state index contributed by atoms with van der Waals surface area (Å²) in [7, 11) is -3.68. The molecular formula is C31H34N2O6S2. The highest BCUT2D eigenvalue weighted by Crippen LogP contribution is 2.36. The third-order valence-electron chi connectivity index (χ3n) is 8.15. The lowest BCUT2D eigenvalue weighted by Gasteiger charge is -2.41. The van der Waals surface area contributed by atoms with E-state index in [2.05, 4.69) is 4.90 Å². The Morgan fingerprint density at radius 2 is 1.56 bits per heavy atom. The first-order valence-electron chi connectivity index (χ1n) is 14.0. The van der Waals surface area contributed by atoms with Crippen LogP contribution in [0.15, 0.2) is 81.4 Å². The predicted molar refractivity (Wildman–Crippen MR) is 157 cm³/mol. The summed E-state index contributed by atoms with van der Waals surface area (Å²) in [5, 5.41) is 0. The topological polar surface area (TPSA) is 85.4 Å². The number of fused-ring (bicyclic) bond motifs is 1. The molecule has 0 atom stereocenters. The summed E-state index contributed by atoms with van der Waals surface area (Å²) in [6, 6.07) is 19.7. The molecule has 8 nitrogen and oxygen atoms in total. The molecule has 2 fully saturated rings. The number of likely N-dealkylation sites (tertiary alicyclic amines) is 2. The van der Waals surface area contributed by atoms with E-state index in [0.717, 1.165) is 62.3 Å². The molecule has 0 aromatic heterocycles. The Hall–Kier alpha value is -3.21. The van der Waals surface area contributed by atoms with E-state index in [0.29, 0.717) is 23.3 Å². The Morgan fingerprint density at radius 1 is 0.854 bits per heavy atom. The van der Waals surface area contributed by atoms with E-state index in [1.54, 1.807) is 42.1 Å². The van der Waals surface area contributed by atoms with Crippen LogP contribution in [0.2, 0.25) is 0 Å². The SMILES string of the molecule is CSc1cccc(C(=O)N2CCC(N3CCC(Oc4ccc(S(=O)(=O)c5ccc6c(c5)OCO6)cc4)CC3)CC2)c1. The summed E-state index contributed by atoms with van der Waals surface area (Å²) in [6.07, 6.45) is 5.91. The molecule has 3 heterocycles. The van der Waals surface area contributed by atoms with Crippen molar-refractivity contribution in [3.63, 3.8) is 0 Å². The highest BCUT2D eigenvalue weighted by molar-refractivity contribution is 7.98. The van der Waals surface area contributed by atoms with Crippen molar-refractivity contribution < 1.29 is 27.4 Å². The quantitative estimate of drug-likeness (QED) is 0.349. The molecule has 1 amide bonds. The van der Waals surface area contributed by atoms with Crippen LogP contribution in [0.3, 0.4) is 0 Å². The minimum atomic E-state index is -3.68. The van der Waals surface area contributed by atoms with Gasteiger partial charge in [-0.3, -0.25) is 9.69 Å². The van der Waals surface area contributed by atoms with E-state index in [4.69, 9.17) is 14.2 Å². The maximum atomic E-state index is 13.1. The number of carbonyl (C=O) groups is 1. The standard InChI is InChI=1S/C31H34N2O6S2/c1-40-26-4-2-3-22(19-26)31(34)33-15-11-23(12-16-33)32-17-13-25(14-18-32)39-24-5-7-27(8-6-24)41(35,36)28-9-10-29-30(20-28)38-21-37-29/h2-10,19-20,23,25H,11-18,21H2,1H3. The molecule has 3 aliphatic heterocycles. The lowest BCUT2D eigenvalue weighted by Crippen LogP contribution is -2.50. The number of amides is 1. The molecule has 10 heteroatoms. The Bertz CT molecular complexity index is 1500. The minimum absolute atomic E-state index is 0.0907. The van der Waals surface area contributed by atoms with Crippen LogP contribution in [0, 0.1) is 0 Å². The van der Waals surface area contributed by atoms with Gasteiger partial charge in [0.1, 0.15) is 11.9 Å². The third-order valence-corrected chi connectivity index (χ3v) is 10.6. The van der Waals surface area contributed by atoms with Crippen molar-refractivity contribution in [2.75, 3.05) is 39.2 Å². The zero-order chi connectivity index (χ0) is 28.4. The van der Waals surface area contributed by atoms with Gasteiger partial charge < -0.3 is 19.1 Å². The summed E-state index contributed by atoms with van der Waals surface area (Å²) in [5.74, 6) is 1.78. The molecule has 2 saturated heterocycles. The lowest BCUT2D eigenvalue weighted by atomic mass is 9.98. The van der Waals surface area contributed by atoms with Crippen LogP contribution in [0.1, 0.15) is 36.0 Å². The van der Waals surface area contributed by atoms with Gasteiger partial charge in [0, 0.05) is 48.7 Å². The Balaban J connectivity index is 0.983. The van der Waals surface area contributed by atoms with Gasteiger partial charge in [0.05, 0.1) is 9.79 Å². The van der Waals surface area contributed by atoms with Gasteiger partial charge in [-0.2, -0.15) is 0 Å². The van der Waals surface area contributed by atoms with Crippen molar-refractivity contribution in [2.24, 2.45) is 0 Å². The van der Waals surface area contributed by atoms with Crippen LogP contribution in [0.4, 0.5) is 0 Å². The molecular weight excluding hydrogens is 560 g/mol. The number of nitrogens with zero attached hydrogens (tertiary/aromatic N) is 2. The first kappa shape index (κ1) is 27.9. The van der Waals surface area contributed by atoms with Crippen LogP contribution in [0.5, 0.6) is 17.2 Å². The summed E-state index contributed by atoms with van der Waals surface area (Å²) in [4.78, 5) is 19.0. The van der Waals surface area contributed by atoms with Gasteiger partial charge in [0.2, 0.25) is 16.6 Å². The van der Waals surface area contributed by atoms with Gasteiger partial charge in [0.25, 0.3) is 5.91 Å². The number of rotatable bonds is 7. The molecule has 0 saturated carbocycles. The Morgan fingerprint density at radius 3 is 2.29 bits per heavy atom.